The van der Waals surface area contributed by atoms with Crippen molar-refractivity contribution in [1.82, 2.24) is 25.5 Å². The van der Waals surface area contributed by atoms with Crippen molar-refractivity contribution in [3.63, 3.8) is 0 Å². The van der Waals surface area contributed by atoms with Gasteiger partial charge in [-0.15, -0.1) is 11.8 Å². The molecular weight excluding hydrogens is 673 g/mol. The number of thioether (sulfide) groups is 1. The van der Waals surface area contributed by atoms with Gasteiger partial charge < -0.3 is 39.3 Å². The Kier molecular flexibility index (Phi) is 17.4. The van der Waals surface area contributed by atoms with Gasteiger partial charge in [0.05, 0.1) is 75.1 Å². The van der Waals surface area contributed by atoms with Crippen LogP contribution >= 0.6 is 23.1 Å². The SMILES string of the molecule is CC(C)(C)OC(=O)CNCCOCCOCCOCCNC(=O)CN1CCC(C(=O)Nc2ncc(SCc3ncc(C(C)(C)C)o3)s2)CC1. The third kappa shape index (κ3) is 17.3. The predicted molar refractivity (Wildman–Crippen MR) is 189 cm³/mol. The summed E-state index contributed by atoms with van der Waals surface area (Å²) in [6.45, 7) is 17.1. The number of oxazole rings is 1. The quantitative estimate of drug-likeness (QED) is 0.0974. The number of nitrogens with zero attached hydrogens (tertiary/aromatic N) is 3. The summed E-state index contributed by atoms with van der Waals surface area (Å²) in [6.07, 6.45) is 4.91. The highest BCUT2D eigenvalue weighted by Crippen LogP contribution is 2.32. The first kappa shape index (κ1) is 40.8. The standard InChI is InChI=1S/C33H54N6O8S2/c1-32(2,3)25-19-36-27(46-25)23-48-29-21-37-31(49-29)38-30(42)24-7-11-39(12-8-24)22-26(40)35-10-14-44-16-18-45-17-15-43-13-9-34-20-28(41)47-33(4,5)6/h19,21,24,34H,7-18,20,22-23H2,1-6H3,(H,35,40)(H,37,38,42). The molecule has 0 atom stereocenters. The highest BCUT2D eigenvalue weighted by molar-refractivity contribution is 8.00. The lowest BCUT2D eigenvalue weighted by Gasteiger charge is -2.30. The molecule has 2 amide bonds. The molecule has 0 spiro atoms. The van der Waals surface area contributed by atoms with E-state index in [9.17, 15) is 14.4 Å². The van der Waals surface area contributed by atoms with Crippen LogP contribution in [0.3, 0.4) is 0 Å². The van der Waals surface area contributed by atoms with Crippen LogP contribution in [0.15, 0.2) is 21.0 Å². The molecule has 0 unspecified atom stereocenters. The van der Waals surface area contributed by atoms with Gasteiger partial charge in [-0.05, 0) is 46.7 Å². The minimum atomic E-state index is -0.486. The van der Waals surface area contributed by atoms with Crippen LogP contribution < -0.4 is 16.0 Å². The van der Waals surface area contributed by atoms with Gasteiger partial charge in [-0.1, -0.05) is 32.1 Å². The van der Waals surface area contributed by atoms with Crippen LogP contribution in [0.1, 0.15) is 66.0 Å². The molecule has 0 saturated carbocycles. The number of carbonyl (C=O) groups excluding carboxylic acids is 3. The van der Waals surface area contributed by atoms with Gasteiger partial charge in [-0.2, -0.15) is 0 Å². The maximum atomic E-state index is 12.9. The maximum Gasteiger partial charge on any atom is 0.320 e. The van der Waals surface area contributed by atoms with Crippen LogP contribution in [-0.2, 0) is 44.5 Å². The molecule has 3 rings (SSSR count). The molecule has 3 N–H and O–H groups in total. The number of nitrogens with one attached hydrogen (secondary N) is 3. The van der Waals surface area contributed by atoms with Crippen molar-refractivity contribution in [3.8, 4) is 0 Å². The number of thiazole rings is 1. The normalized spacial score (nSPS) is 14.6. The average Bonchev–Trinajstić information content (AvgIpc) is 3.69. The molecule has 16 heteroatoms. The van der Waals surface area contributed by atoms with E-state index in [4.69, 9.17) is 23.4 Å². The number of anilines is 1. The Bertz CT molecular complexity index is 1280. The molecule has 276 valence electrons. The number of esters is 1. The van der Waals surface area contributed by atoms with Crippen molar-refractivity contribution in [2.24, 2.45) is 5.92 Å². The summed E-state index contributed by atoms with van der Waals surface area (Å²) in [5, 5.41) is 9.40. The fraction of sp³-hybridized carbons (Fsp3) is 0.727. The molecule has 3 heterocycles. The van der Waals surface area contributed by atoms with E-state index in [2.05, 4.69) is 51.6 Å². The Hall–Kier alpha value is -2.60. The van der Waals surface area contributed by atoms with Crippen molar-refractivity contribution in [2.45, 2.75) is 75.4 Å². The smallest absolute Gasteiger partial charge is 0.320 e. The maximum absolute atomic E-state index is 12.9. The highest BCUT2D eigenvalue weighted by Gasteiger charge is 2.27. The van der Waals surface area contributed by atoms with Gasteiger partial charge in [0.1, 0.15) is 11.4 Å². The van der Waals surface area contributed by atoms with Gasteiger partial charge in [-0.3, -0.25) is 19.3 Å². The summed E-state index contributed by atoms with van der Waals surface area (Å²) >= 11 is 3.02. The fourth-order valence-electron chi connectivity index (χ4n) is 4.58. The summed E-state index contributed by atoms with van der Waals surface area (Å²) in [4.78, 5) is 47.6. The largest absolute Gasteiger partial charge is 0.459 e. The number of ether oxygens (including phenoxy) is 4. The number of hydrogen-bond donors (Lipinski definition) is 3. The molecule has 49 heavy (non-hydrogen) atoms. The van der Waals surface area contributed by atoms with E-state index in [1.165, 1.54) is 11.3 Å². The molecule has 1 fully saturated rings. The first-order chi connectivity index (χ1) is 23.3. The zero-order chi connectivity index (χ0) is 35.7. The number of carbonyl (C=O) groups is 3. The van der Waals surface area contributed by atoms with E-state index in [1.807, 2.05) is 20.8 Å². The van der Waals surface area contributed by atoms with E-state index < -0.39 is 5.60 Å². The number of likely N-dealkylation sites (tertiary alicyclic amines) is 1. The number of piperidine rings is 1. The second kappa shape index (κ2) is 20.9. The molecule has 0 radical (unpaired) electrons. The predicted octanol–water partition coefficient (Wildman–Crippen LogP) is 3.47. The summed E-state index contributed by atoms with van der Waals surface area (Å²) in [7, 11) is 0. The molecule has 0 aromatic carbocycles. The van der Waals surface area contributed by atoms with Crippen molar-refractivity contribution in [2.75, 3.05) is 84.2 Å². The van der Waals surface area contributed by atoms with E-state index in [1.54, 1.807) is 24.2 Å². The molecule has 1 saturated heterocycles. The van der Waals surface area contributed by atoms with Gasteiger partial charge in [0.2, 0.25) is 17.7 Å². The lowest BCUT2D eigenvalue weighted by Crippen LogP contribution is -2.44. The van der Waals surface area contributed by atoms with Crippen molar-refractivity contribution in [1.29, 1.82) is 0 Å². The Morgan fingerprint density at radius 2 is 1.59 bits per heavy atom. The monoisotopic (exact) mass is 726 g/mol. The van der Waals surface area contributed by atoms with E-state index in [-0.39, 0.29) is 35.7 Å². The number of hydrogen-bond acceptors (Lipinski definition) is 14. The van der Waals surface area contributed by atoms with Crippen molar-refractivity contribution < 1.29 is 37.7 Å². The molecule has 0 bridgehead atoms. The van der Waals surface area contributed by atoms with Gasteiger partial charge >= 0.3 is 5.97 Å². The fourth-order valence-corrected chi connectivity index (χ4v) is 6.31. The summed E-state index contributed by atoms with van der Waals surface area (Å²) in [6, 6.07) is 0. The third-order valence-electron chi connectivity index (χ3n) is 7.10. The molecule has 0 aliphatic carbocycles. The Morgan fingerprint density at radius 3 is 2.22 bits per heavy atom. The molecule has 1 aliphatic rings. The summed E-state index contributed by atoms with van der Waals surface area (Å²) in [5.41, 5.74) is -0.570. The first-order valence-corrected chi connectivity index (χ1v) is 18.6. The second-order valence-electron chi connectivity index (χ2n) is 13.6. The van der Waals surface area contributed by atoms with Crippen LogP contribution in [-0.4, -0.2) is 117 Å². The molecule has 1 aliphatic heterocycles. The van der Waals surface area contributed by atoms with Crippen LogP contribution in [0.25, 0.3) is 0 Å². The molecule has 2 aromatic rings. The summed E-state index contributed by atoms with van der Waals surface area (Å²) < 4.78 is 28.5. The van der Waals surface area contributed by atoms with Crippen LogP contribution in [0.5, 0.6) is 0 Å². The first-order valence-electron chi connectivity index (χ1n) is 16.8. The van der Waals surface area contributed by atoms with Crippen LogP contribution in [0.4, 0.5) is 5.13 Å². The Labute approximate surface area is 298 Å². The van der Waals surface area contributed by atoms with Crippen molar-refractivity contribution in [3.05, 3.63) is 24.0 Å². The highest BCUT2D eigenvalue weighted by atomic mass is 32.2. The zero-order valence-electron chi connectivity index (χ0n) is 29.8. The number of amides is 2. The van der Waals surface area contributed by atoms with E-state index in [0.717, 1.165) is 9.97 Å². The van der Waals surface area contributed by atoms with Crippen LogP contribution in [0, 0.1) is 5.92 Å². The number of aromatic nitrogens is 2. The van der Waals surface area contributed by atoms with Gasteiger partial charge in [0.15, 0.2) is 5.13 Å². The Balaban J connectivity index is 1.14. The average molecular weight is 727 g/mol. The minimum absolute atomic E-state index is 0.0318. The summed E-state index contributed by atoms with van der Waals surface area (Å²) in [5.74, 6) is 1.62. The van der Waals surface area contributed by atoms with E-state index in [0.29, 0.717) is 102 Å². The number of rotatable bonds is 21. The van der Waals surface area contributed by atoms with Gasteiger partial charge in [-0.25, -0.2) is 9.97 Å². The lowest BCUT2D eigenvalue weighted by atomic mass is 9.94. The van der Waals surface area contributed by atoms with Gasteiger partial charge in [0.25, 0.3) is 0 Å². The molecular formula is C33H54N6O8S2. The van der Waals surface area contributed by atoms with Gasteiger partial charge in [0, 0.05) is 24.4 Å². The minimum Gasteiger partial charge on any atom is -0.459 e. The Morgan fingerprint density at radius 1 is 0.939 bits per heavy atom. The van der Waals surface area contributed by atoms with Crippen molar-refractivity contribution >= 4 is 46.0 Å². The topological polar surface area (TPSA) is 166 Å². The van der Waals surface area contributed by atoms with E-state index >= 15 is 0 Å². The zero-order valence-corrected chi connectivity index (χ0v) is 31.4. The second-order valence-corrected chi connectivity index (χ2v) is 15.9. The molecule has 14 nitrogen and oxygen atoms in total. The third-order valence-corrected chi connectivity index (χ3v) is 9.19. The van der Waals surface area contributed by atoms with Crippen LogP contribution in [0.2, 0.25) is 0 Å². The lowest BCUT2D eigenvalue weighted by molar-refractivity contribution is -0.153. The molecule has 2 aromatic heterocycles.